The van der Waals surface area contributed by atoms with Crippen LogP contribution in [-0.4, -0.2) is 36.0 Å². The molecule has 5 rings (SSSR count). The Morgan fingerprint density at radius 2 is 1.70 bits per heavy atom. The van der Waals surface area contributed by atoms with E-state index >= 15 is 0 Å². The van der Waals surface area contributed by atoms with Gasteiger partial charge in [-0.1, -0.05) is 0 Å². The number of ether oxygens (including phenoxy) is 1. The minimum atomic E-state index is -0.310. The Morgan fingerprint density at radius 1 is 1.10 bits per heavy atom. The molecule has 4 heteroatoms. The van der Waals surface area contributed by atoms with Crippen molar-refractivity contribution in [1.29, 1.82) is 0 Å². The molecule has 0 N–H and O–H groups in total. The number of methoxy groups -OCH3 is 1. The van der Waals surface area contributed by atoms with Gasteiger partial charge in [-0.3, -0.25) is 4.79 Å². The van der Waals surface area contributed by atoms with E-state index in [2.05, 4.69) is 0 Å². The summed E-state index contributed by atoms with van der Waals surface area (Å²) in [5, 5.41) is 0. The third kappa shape index (κ3) is 1.73. The topological polar surface area (TPSA) is 46.6 Å². The van der Waals surface area contributed by atoms with Gasteiger partial charge in [0.1, 0.15) is 6.04 Å². The second-order valence-corrected chi connectivity index (χ2v) is 7.30. The van der Waals surface area contributed by atoms with Gasteiger partial charge in [-0.15, -0.1) is 0 Å². The standard InChI is InChI=1S/C16H23NO3/c1-20-16(19)13-2-3-14(18)17(13)15-11-5-9-4-10(7-11)8-12(15)6-9/h9-13,15H,2-8H2,1H3. The highest BCUT2D eigenvalue weighted by molar-refractivity contribution is 5.88. The number of carbonyl (C=O) groups is 2. The van der Waals surface area contributed by atoms with E-state index < -0.39 is 0 Å². The molecule has 4 nitrogen and oxygen atoms in total. The molecule has 4 bridgehead atoms. The first-order chi connectivity index (χ1) is 9.67. The second kappa shape index (κ2) is 4.47. The molecule has 0 radical (unpaired) electrons. The van der Waals surface area contributed by atoms with Gasteiger partial charge < -0.3 is 9.64 Å². The number of nitrogens with zero attached hydrogens (tertiary/aromatic N) is 1. The van der Waals surface area contributed by atoms with E-state index in [1.54, 1.807) is 0 Å². The van der Waals surface area contributed by atoms with Crippen LogP contribution in [0.25, 0.3) is 0 Å². The minimum absolute atomic E-state index is 0.179. The van der Waals surface area contributed by atoms with E-state index in [-0.39, 0.29) is 17.9 Å². The van der Waals surface area contributed by atoms with Crippen molar-refractivity contribution in [3.63, 3.8) is 0 Å². The lowest BCUT2D eigenvalue weighted by atomic mass is 9.54. The van der Waals surface area contributed by atoms with Crippen LogP contribution in [0.3, 0.4) is 0 Å². The lowest BCUT2D eigenvalue weighted by Gasteiger charge is -2.57. The van der Waals surface area contributed by atoms with Gasteiger partial charge in [0, 0.05) is 12.5 Å². The number of amides is 1. The molecule has 1 aliphatic heterocycles. The third-order valence-electron chi connectivity index (χ3n) is 6.23. The van der Waals surface area contributed by atoms with Crippen molar-refractivity contribution >= 4 is 11.9 Å². The summed E-state index contributed by atoms with van der Waals surface area (Å²) in [4.78, 5) is 26.3. The van der Waals surface area contributed by atoms with E-state index in [9.17, 15) is 9.59 Å². The number of esters is 1. The first kappa shape index (κ1) is 12.7. The molecular formula is C16H23NO3. The molecule has 4 saturated carbocycles. The molecule has 5 fully saturated rings. The van der Waals surface area contributed by atoms with E-state index in [0.717, 1.165) is 11.8 Å². The molecule has 20 heavy (non-hydrogen) atoms. The minimum Gasteiger partial charge on any atom is -0.467 e. The maximum absolute atomic E-state index is 12.3. The zero-order valence-electron chi connectivity index (χ0n) is 12.1. The smallest absolute Gasteiger partial charge is 0.328 e. The van der Waals surface area contributed by atoms with Crippen LogP contribution < -0.4 is 0 Å². The molecular weight excluding hydrogens is 254 g/mol. The van der Waals surface area contributed by atoms with Crippen LogP contribution in [0.1, 0.15) is 44.9 Å². The normalized spacial score (nSPS) is 46.0. The average molecular weight is 277 g/mol. The van der Waals surface area contributed by atoms with Gasteiger partial charge in [0.2, 0.25) is 5.91 Å². The Morgan fingerprint density at radius 3 is 2.25 bits per heavy atom. The highest BCUT2D eigenvalue weighted by Crippen LogP contribution is 2.56. The second-order valence-electron chi connectivity index (χ2n) is 7.30. The van der Waals surface area contributed by atoms with Crippen molar-refractivity contribution in [1.82, 2.24) is 4.90 Å². The van der Waals surface area contributed by atoms with Crippen molar-refractivity contribution in [3.05, 3.63) is 0 Å². The summed E-state index contributed by atoms with van der Waals surface area (Å²) in [5.41, 5.74) is 0. The summed E-state index contributed by atoms with van der Waals surface area (Å²) >= 11 is 0. The largest absolute Gasteiger partial charge is 0.467 e. The molecule has 5 aliphatic rings. The summed E-state index contributed by atoms with van der Waals surface area (Å²) in [6.07, 6.45) is 7.67. The van der Waals surface area contributed by atoms with Crippen molar-refractivity contribution < 1.29 is 14.3 Å². The Hall–Kier alpha value is -1.06. The molecule has 1 heterocycles. The van der Waals surface area contributed by atoms with Crippen molar-refractivity contribution in [3.8, 4) is 0 Å². The summed E-state index contributed by atoms with van der Waals surface area (Å²) in [5.74, 6) is 3.02. The predicted octanol–water partition coefficient (Wildman–Crippen LogP) is 1.98. The molecule has 1 amide bonds. The molecule has 110 valence electrons. The van der Waals surface area contributed by atoms with Gasteiger partial charge >= 0.3 is 5.97 Å². The lowest BCUT2D eigenvalue weighted by Crippen LogP contribution is -2.59. The van der Waals surface area contributed by atoms with Gasteiger partial charge in [0.25, 0.3) is 0 Å². The third-order valence-corrected chi connectivity index (χ3v) is 6.23. The molecule has 0 aromatic rings. The van der Waals surface area contributed by atoms with Gasteiger partial charge in [-0.2, -0.15) is 0 Å². The molecule has 1 atom stereocenters. The van der Waals surface area contributed by atoms with Crippen LogP contribution in [0.15, 0.2) is 0 Å². The maximum Gasteiger partial charge on any atom is 0.328 e. The SMILES string of the molecule is COC(=O)C1CCC(=O)N1C1C2CC3CC(C2)CC1C3. The number of rotatable bonds is 2. The fourth-order valence-corrected chi connectivity index (χ4v) is 5.79. The quantitative estimate of drug-likeness (QED) is 0.725. The summed E-state index contributed by atoms with van der Waals surface area (Å²) in [6, 6.07) is 0.0110. The van der Waals surface area contributed by atoms with Crippen LogP contribution in [0.2, 0.25) is 0 Å². The molecule has 1 saturated heterocycles. The zero-order chi connectivity index (χ0) is 13.9. The highest BCUT2D eigenvalue weighted by Gasteiger charge is 2.54. The number of hydrogen-bond acceptors (Lipinski definition) is 3. The summed E-state index contributed by atoms with van der Waals surface area (Å²) < 4.78 is 4.92. The van der Waals surface area contributed by atoms with Gasteiger partial charge in [0.05, 0.1) is 7.11 Å². The summed E-state index contributed by atoms with van der Waals surface area (Å²) in [6.45, 7) is 0. The van der Waals surface area contributed by atoms with Gasteiger partial charge in [-0.25, -0.2) is 4.79 Å². The Bertz CT molecular complexity index is 419. The first-order valence-electron chi connectivity index (χ1n) is 8.06. The highest BCUT2D eigenvalue weighted by atomic mass is 16.5. The number of carbonyl (C=O) groups excluding carboxylic acids is 2. The van der Waals surface area contributed by atoms with E-state index in [0.29, 0.717) is 30.7 Å². The van der Waals surface area contributed by atoms with Crippen LogP contribution in [0.5, 0.6) is 0 Å². The fraction of sp³-hybridized carbons (Fsp3) is 0.875. The van der Waals surface area contributed by atoms with Crippen LogP contribution in [0, 0.1) is 23.7 Å². The van der Waals surface area contributed by atoms with Gasteiger partial charge in [-0.05, 0) is 62.2 Å². The van der Waals surface area contributed by atoms with Gasteiger partial charge in [0.15, 0.2) is 0 Å². The average Bonchev–Trinajstić information content (AvgIpc) is 2.79. The van der Waals surface area contributed by atoms with Crippen LogP contribution >= 0.6 is 0 Å². The number of hydrogen-bond donors (Lipinski definition) is 0. The Balaban J connectivity index is 1.62. The van der Waals surface area contributed by atoms with Crippen molar-refractivity contribution in [2.24, 2.45) is 23.7 Å². The van der Waals surface area contributed by atoms with E-state index in [1.165, 1.54) is 39.2 Å². The fourth-order valence-electron chi connectivity index (χ4n) is 5.79. The molecule has 0 spiro atoms. The predicted molar refractivity (Wildman–Crippen MR) is 72.7 cm³/mol. The van der Waals surface area contributed by atoms with Crippen molar-refractivity contribution in [2.75, 3.05) is 7.11 Å². The summed E-state index contributed by atoms with van der Waals surface area (Å²) in [7, 11) is 1.43. The van der Waals surface area contributed by atoms with Crippen molar-refractivity contribution in [2.45, 2.75) is 57.0 Å². The molecule has 4 aliphatic carbocycles. The lowest BCUT2D eigenvalue weighted by molar-refractivity contribution is -0.157. The number of likely N-dealkylation sites (tertiary alicyclic amines) is 1. The Labute approximate surface area is 119 Å². The van der Waals surface area contributed by atoms with E-state index in [4.69, 9.17) is 4.74 Å². The van der Waals surface area contributed by atoms with Crippen LogP contribution in [0.4, 0.5) is 0 Å². The molecule has 1 unspecified atom stereocenters. The first-order valence-corrected chi connectivity index (χ1v) is 8.06. The Kier molecular flexibility index (Phi) is 2.83. The maximum atomic E-state index is 12.3. The zero-order valence-corrected chi connectivity index (χ0v) is 12.1. The monoisotopic (exact) mass is 277 g/mol. The van der Waals surface area contributed by atoms with E-state index in [1.807, 2.05) is 4.90 Å². The molecule has 0 aromatic heterocycles. The molecule has 0 aromatic carbocycles. The van der Waals surface area contributed by atoms with Crippen LogP contribution in [-0.2, 0) is 14.3 Å².